The van der Waals surface area contributed by atoms with Crippen molar-refractivity contribution in [3.05, 3.63) is 77.3 Å². The Bertz CT molecular complexity index is 1220. The highest BCUT2D eigenvalue weighted by atomic mass is 32.1. The Hall–Kier alpha value is -3.58. The number of nitrogens with zero attached hydrogens (tertiary/aromatic N) is 4. The third-order valence-electron chi connectivity index (χ3n) is 5.35. The second-order valence-electron chi connectivity index (χ2n) is 7.41. The molecular formula is C24H21N5OS. The summed E-state index contributed by atoms with van der Waals surface area (Å²) in [4.78, 5) is 28.1. The lowest BCUT2D eigenvalue weighted by Gasteiger charge is -2.29. The quantitative estimate of drug-likeness (QED) is 0.501. The van der Waals surface area contributed by atoms with Gasteiger partial charge in [-0.15, -0.1) is 11.3 Å². The molecule has 1 aliphatic rings. The Morgan fingerprint density at radius 3 is 2.39 bits per heavy atom. The van der Waals surface area contributed by atoms with E-state index < -0.39 is 0 Å². The summed E-state index contributed by atoms with van der Waals surface area (Å²) in [7, 11) is 0. The van der Waals surface area contributed by atoms with Crippen molar-refractivity contribution >= 4 is 28.3 Å². The molecule has 1 amide bonds. The van der Waals surface area contributed by atoms with Gasteiger partial charge in [0.1, 0.15) is 0 Å². The van der Waals surface area contributed by atoms with Gasteiger partial charge in [0.25, 0.3) is 0 Å². The van der Waals surface area contributed by atoms with E-state index in [1.54, 1.807) is 6.92 Å². The molecular weight excluding hydrogens is 406 g/mol. The van der Waals surface area contributed by atoms with E-state index in [0.717, 1.165) is 38.9 Å². The maximum Gasteiger partial charge on any atom is 0.229 e. The lowest BCUT2D eigenvalue weighted by Crippen LogP contribution is -2.35. The average molecular weight is 428 g/mol. The number of anilines is 2. The highest BCUT2D eigenvalue weighted by molar-refractivity contribution is 7.14. The van der Waals surface area contributed by atoms with Crippen LogP contribution in [0.15, 0.2) is 66.0 Å². The van der Waals surface area contributed by atoms with Gasteiger partial charge in [0.2, 0.25) is 11.9 Å². The molecule has 4 aromatic rings. The van der Waals surface area contributed by atoms with E-state index >= 15 is 0 Å². The van der Waals surface area contributed by atoms with E-state index in [9.17, 15) is 4.79 Å². The van der Waals surface area contributed by atoms with Crippen LogP contribution in [0.3, 0.4) is 0 Å². The molecule has 0 saturated carbocycles. The number of thiazole rings is 1. The first-order valence-corrected chi connectivity index (χ1v) is 11.0. The molecule has 0 fully saturated rings. The number of nitrogens with one attached hydrogen (secondary N) is 1. The van der Waals surface area contributed by atoms with Gasteiger partial charge in [0, 0.05) is 48.5 Å². The number of carbonyl (C=O) groups is 1. The summed E-state index contributed by atoms with van der Waals surface area (Å²) in [6.07, 6.45) is 0.707. The van der Waals surface area contributed by atoms with Gasteiger partial charge in [-0.2, -0.15) is 0 Å². The monoisotopic (exact) mass is 427 g/mol. The number of hydrogen-bond donors (Lipinski definition) is 1. The van der Waals surface area contributed by atoms with Crippen LogP contribution in [-0.4, -0.2) is 32.3 Å². The Morgan fingerprint density at radius 1 is 0.968 bits per heavy atom. The van der Waals surface area contributed by atoms with Crippen LogP contribution >= 0.6 is 11.3 Å². The first kappa shape index (κ1) is 19.4. The van der Waals surface area contributed by atoms with Crippen molar-refractivity contribution in [1.82, 2.24) is 19.9 Å². The Balaban J connectivity index is 1.51. The molecule has 0 atom stereocenters. The first-order valence-electron chi connectivity index (χ1n) is 10.2. The number of benzene rings is 2. The number of aromatic nitrogens is 3. The largest absolute Gasteiger partial charge is 0.338 e. The van der Waals surface area contributed by atoms with Crippen LogP contribution in [0.1, 0.15) is 18.2 Å². The zero-order valence-corrected chi connectivity index (χ0v) is 17.9. The summed E-state index contributed by atoms with van der Waals surface area (Å²) in [5.74, 6) is 0.603. The Labute approximate surface area is 184 Å². The summed E-state index contributed by atoms with van der Waals surface area (Å²) >= 11 is 1.53. The Kier molecular flexibility index (Phi) is 5.18. The number of amides is 1. The third-order valence-corrected chi connectivity index (χ3v) is 6.10. The van der Waals surface area contributed by atoms with Crippen molar-refractivity contribution in [3.63, 3.8) is 0 Å². The molecule has 2 aromatic heterocycles. The van der Waals surface area contributed by atoms with Gasteiger partial charge >= 0.3 is 0 Å². The normalized spacial score (nSPS) is 13.0. The molecule has 0 aliphatic carbocycles. The lowest BCUT2D eigenvalue weighted by molar-refractivity contribution is -0.129. The fourth-order valence-corrected chi connectivity index (χ4v) is 4.46. The summed E-state index contributed by atoms with van der Waals surface area (Å²) in [6.45, 7) is 2.81. The van der Waals surface area contributed by atoms with Crippen molar-refractivity contribution in [1.29, 1.82) is 0 Å². The van der Waals surface area contributed by atoms with Crippen LogP contribution in [-0.2, 0) is 17.8 Å². The third kappa shape index (κ3) is 4.04. The molecule has 2 aromatic carbocycles. The standard InChI is InChI=1S/C24H21N5OS/c1-16(30)29-13-12-20-19(14-29)22(18-10-6-3-7-11-18)27-23(25-20)28-24-26-21(15-31-24)17-8-4-2-5-9-17/h2-11,15H,12-14H2,1H3,(H,25,26,27,28). The van der Waals surface area contributed by atoms with Crippen molar-refractivity contribution in [2.75, 3.05) is 11.9 Å². The van der Waals surface area contributed by atoms with Crippen molar-refractivity contribution in [2.24, 2.45) is 0 Å². The lowest BCUT2D eigenvalue weighted by atomic mass is 9.99. The molecule has 7 heteroatoms. The number of carbonyl (C=O) groups excluding carboxylic acids is 1. The molecule has 154 valence electrons. The summed E-state index contributed by atoms with van der Waals surface area (Å²) < 4.78 is 0. The minimum absolute atomic E-state index is 0.0723. The van der Waals surface area contributed by atoms with Gasteiger partial charge in [0.05, 0.1) is 17.1 Å². The molecule has 0 saturated heterocycles. The van der Waals surface area contributed by atoms with Crippen LogP contribution in [0.4, 0.5) is 11.1 Å². The fraction of sp³-hybridized carbons (Fsp3) is 0.167. The molecule has 0 unspecified atom stereocenters. The average Bonchev–Trinajstić information content (AvgIpc) is 3.28. The minimum Gasteiger partial charge on any atom is -0.338 e. The smallest absolute Gasteiger partial charge is 0.229 e. The van der Waals surface area contributed by atoms with Crippen molar-refractivity contribution in [2.45, 2.75) is 19.9 Å². The van der Waals surface area contributed by atoms with Crippen LogP contribution in [0.5, 0.6) is 0 Å². The van der Waals surface area contributed by atoms with Crippen molar-refractivity contribution < 1.29 is 4.79 Å². The van der Waals surface area contributed by atoms with Gasteiger partial charge in [-0.3, -0.25) is 4.79 Å². The van der Waals surface area contributed by atoms with Gasteiger partial charge < -0.3 is 10.2 Å². The minimum atomic E-state index is 0.0723. The molecule has 0 bridgehead atoms. The maximum absolute atomic E-state index is 11.9. The molecule has 1 N–H and O–H groups in total. The molecule has 31 heavy (non-hydrogen) atoms. The summed E-state index contributed by atoms with van der Waals surface area (Å²) in [6, 6.07) is 20.1. The van der Waals surface area contributed by atoms with Crippen LogP contribution < -0.4 is 5.32 Å². The van der Waals surface area contributed by atoms with Crippen LogP contribution in [0.2, 0.25) is 0 Å². The van der Waals surface area contributed by atoms with Gasteiger partial charge in [-0.1, -0.05) is 60.7 Å². The van der Waals surface area contributed by atoms with E-state index in [1.165, 1.54) is 11.3 Å². The molecule has 0 spiro atoms. The Morgan fingerprint density at radius 2 is 1.68 bits per heavy atom. The SMILES string of the molecule is CC(=O)N1CCc2nc(Nc3nc(-c4ccccc4)cs3)nc(-c3ccccc3)c2C1. The number of hydrogen-bond acceptors (Lipinski definition) is 6. The van der Waals surface area contributed by atoms with E-state index in [2.05, 4.69) is 5.32 Å². The topological polar surface area (TPSA) is 71.0 Å². The van der Waals surface area contributed by atoms with E-state index in [1.807, 2.05) is 70.9 Å². The van der Waals surface area contributed by atoms with Crippen LogP contribution in [0.25, 0.3) is 22.5 Å². The second kappa shape index (κ2) is 8.28. The van der Waals surface area contributed by atoms with Crippen molar-refractivity contribution in [3.8, 4) is 22.5 Å². The number of fused-ring (bicyclic) bond motifs is 1. The predicted octanol–water partition coefficient (Wildman–Crippen LogP) is 4.92. The molecule has 5 rings (SSSR count). The van der Waals surface area contributed by atoms with E-state index in [-0.39, 0.29) is 5.91 Å². The summed E-state index contributed by atoms with van der Waals surface area (Å²) in [5.41, 5.74) is 5.87. The highest BCUT2D eigenvalue weighted by Crippen LogP contribution is 2.31. The predicted molar refractivity (Wildman–Crippen MR) is 123 cm³/mol. The summed E-state index contributed by atoms with van der Waals surface area (Å²) in [5, 5.41) is 6.07. The molecule has 1 aliphatic heterocycles. The highest BCUT2D eigenvalue weighted by Gasteiger charge is 2.24. The molecule has 0 radical (unpaired) electrons. The number of rotatable bonds is 4. The zero-order chi connectivity index (χ0) is 21.2. The molecule has 6 nitrogen and oxygen atoms in total. The maximum atomic E-state index is 11.9. The van der Waals surface area contributed by atoms with E-state index in [0.29, 0.717) is 25.5 Å². The van der Waals surface area contributed by atoms with Crippen LogP contribution in [0, 0.1) is 0 Å². The van der Waals surface area contributed by atoms with Gasteiger partial charge in [-0.25, -0.2) is 15.0 Å². The molecule has 3 heterocycles. The van der Waals surface area contributed by atoms with Gasteiger partial charge in [-0.05, 0) is 0 Å². The fourth-order valence-electron chi connectivity index (χ4n) is 3.74. The van der Waals surface area contributed by atoms with E-state index in [4.69, 9.17) is 15.0 Å². The second-order valence-corrected chi connectivity index (χ2v) is 8.26. The van der Waals surface area contributed by atoms with Gasteiger partial charge in [0.15, 0.2) is 5.13 Å². The first-order chi connectivity index (χ1) is 15.2. The zero-order valence-electron chi connectivity index (χ0n) is 17.1.